The summed E-state index contributed by atoms with van der Waals surface area (Å²) in [4.78, 5) is 0. The second kappa shape index (κ2) is 7.89. The third-order valence-corrected chi connectivity index (χ3v) is 9.71. The molecule has 0 bridgehead atoms. The molecule has 2 aromatic rings. The van der Waals surface area contributed by atoms with Crippen LogP contribution in [0.15, 0.2) is 42.5 Å². The minimum atomic E-state index is 0.0282. The van der Waals surface area contributed by atoms with Crippen LogP contribution in [0.1, 0.15) is 71.8 Å². The van der Waals surface area contributed by atoms with Crippen molar-refractivity contribution >= 4 is 10.8 Å². The van der Waals surface area contributed by atoms with Crippen LogP contribution in [0.25, 0.3) is 10.8 Å². The third-order valence-electron chi connectivity index (χ3n) is 9.71. The van der Waals surface area contributed by atoms with Gasteiger partial charge < -0.3 is 9.22 Å². The fourth-order valence-corrected chi connectivity index (χ4v) is 8.50. The van der Waals surface area contributed by atoms with Crippen molar-refractivity contribution in [2.45, 2.75) is 83.9 Å². The normalized spacial score (nSPS) is 38.8. The molecule has 1 aliphatic carbocycles. The third kappa shape index (κ3) is 3.20. The highest BCUT2D eigenvalue weighted by atomic mass is 16.5. The first kappa shape index (κ1) is 21.5. The Labute approximate surface area is 189 Å². The van der Waals surface area contributed by atoms with E-state index in [1.54, 1.807) is 0 Å². The van der Waals surface area contributed by atoms with E-state index in [0.29, 0.717) is 11.5 Å². The molecule has 2 heteroatoms. The minimum Gasteiger partial charge on any atom is -0.369 e. The lowest BCUT2D eigenvalue weighted by atomic mass is 9.76. The Bertz CT molecular complexity index is 934. The van der Waals surface area contributed by atoms with Gasteiger partial charge in [-0.15, -0.1) is 0 Å². The summed E-state index contributed by atoms with van der Waals surface area (Å²) in [6.45, 7) is 14.5. The second-order valence-corrected chi connectivity index (χ2v) is 11.4. The number of quaternary nitrogens is 1. The molecule has 0 amide bonds. The summed E-state index contributed by atoms with van der Waals surface area (Å²) >= 11 is 0. The number of rotatable bonds is 8. The molecule has 5 rings (SSSR count). The van der Waals surface area contributed by atoms with E-state index in [4.69, 9.17) is 4.74 Å². The summed E-state index contributed by atoms with van der Waals surface area (Å²) in [6, 6.07) is 15.9. The van der Waals surface area contributed by atoms with Gasteiger partial charge in [0.05, 0.1) is 6.54 Å². The zero-order chi connectivity index (χ0) is 21.7. The topological polar surface area (TPSA) is 9.23 Å². The summed E-state index contributed by atoms with van der Waals surface area (Å²) in [6.07, 6.45) is 7.91. The second-order valence-electron chi connectivity index (χ2n) is 11.4. The molecule has 2 heterocycles. The molecule has 2 nitrogen and oxygen atoms in total. The molecule has 31 heavy (non-hydrogen) atoms. The molecule has 0 N–H and O–H groups in total. The van der Waals surface area contributed by atoms with E-state index in [2.05, 4.69) is 70.2 Å². The summed E-state index contributed by atoms with van der Waals surface area (Å²) in [7, 11) is 0. The smallest absolute Gasteiger partial charge is 0.123 e. The van der Waals surface area contributed by atoms with E-state index < -0.39 is 0 Å². The van der Waals surface area contributed by atoms with Crippen molar-refractivity contribution in [1.82, 2.24) is 0 Å². The number of nitrogens with zero attached hydrogens (tertiary/aromatic N) is 1. The zero-order valence-electron chi connectivity index (χ0n) is 20.2. The van der Waals surface area contributed by atoms with Gasteiger partial charge in [0.1, 0.15) is 24.2 Å². The lowest BCUT2D eigenvalue weighted by Gasteiger charge is -2.44. The van der Waals surface area contributed by atoms with Crippen molar-refractivity contribution in [1.29, 1.82) is 0 Å². The summed E-state index contributed by atoms with van der Waals surface area (Å²) < 4.78 is 8.08. The van der Waals surface area contributed by atoms with Crippen LogP contribution in [-0.2, 0) is 11.3 Å². The van der Waals surface area contributed by atoms with Crippen molar-refractivity contribution in [3.05, 3.63) is 48.0 Å². The molecule has 2 saturated heterocycles. The van der Waals surface area contributed by atoms with Gasteiger partial charge in [0.2, 0.25) is 0 Å². The Balaban J connectivity index is 1.47. The Morgan fingerprint density at radius 2 is 1.81 bits per heavy atom. The number of benzene rings is 2. The van der Waals surface area contributed by atoms with Gasteiger partial charge in [0, 0.05) is 29.9 Å². The van der Waals surface area contributed by atoms with Gasteiger partial charge in [0.25, 0.3) is 0 Å². The van der Waals surface area contributed by atoms with Crippen LogP contribution < -0.4 is 0 Å². The molecule has 0 radical (unpaired) electrons. The van der Waals surface area contributed by atoms with Gasteiger partial charge >= 0.3 is 0 Å². The quantitative estimate of drug-likeness (QED) is 0.331. The Morgan fingerprint density at radius 3 is 2.65 bits per heavy atom. The molecular formula is C29H42NO+. The molecular weight excluding hydrogens is 378 g/mol. The molecule has 168 valence electrons. The first-order valence-corrected chi connectivity index (χ1v) is 12.9. The van der Waals surface area contributed by atoms with Crippen LogP contribution in [0.2, 0.25) is 0 Å². The molecule has 3 aliphatic rings. The highest BCUT2D eigenvalue weighted by Crippen LogP contribution is 2.65. The van der Waals surface area contributed by atoms with E-state index in [1.165, 1.54) is 72.4 Å². The molecule has 2 aliphatic heterocycles. The highest BCUT2D eigenvalue weighted by molar-refractivity contribution is 5.85. The van der Waals surface area contributed by atoms with Crippen LogP contribution in [0.5, 0.6) is 0 Å². The number of hydrogen-bond donors (Lipinski definition) is 0. The van der Waals surface area contributed by atoms with E-state index in [1.807, 2.05) is 0 Å². The minimum absolute atomic E-state index is 0.0282. The Kier molecular flexibility index (Phi) is 5.46. The monoisotopic (exact) mass is 420 g/mol. The first-order chi connectivity index (χ1) is 14.9. The van der Waals surface area contributed by atoms with E-state index in [0.717, 1.165) is 25.0 Å². The SMILES string of the molecule is CCCCCCO[C@]1(C)C[N@+]2(Cc3cccc4ccccc34)C[C@@H](C)[C@@H]3CC[C@H]1[C@@]32C. The van der Waals surface area contributed by atoms with Gasteiger partial charge in [-0.05, 0) is 43.9 Å². The Hall–Kier alpha value is -1.38. The first-order valence-electron chi connectivity index (χ1n) is 12.9. The molecule has 3 fully saturated rings. The summed E-state index contributed by atoms with van der Waals surface area (Å²) in [5.41, 5.74) is 1.92. The number of ether oxygens (including phenoxy) is 1. The van der Waals surface area contributed by atoms with E-state index >= 15 is 0 Å². The van der Waals surface area contributed by atoms with Crippen LogP contribution in [0.4, 0.5) is 0 Å². The van der Waals surface area contributed by atoms with Crippen molar-refractivity contribution in [3.63, 3.8) is 0 Å². The van der Waals surface area contributed by atoms with Crippen molar-refractivity contribution in [2.24, 2.45) is 17.8 Å². The largest absolute Gasteiger partial charge is 0.369 e. The van der Waals surface area contributed by atoms with Gasteiger partial charge in [0.15, 0.2) is 0 Å². The van der Waals surface area contributed by atoms with Gasteiger partial charge in [-0.2, -0.15) is 0 Å². The van der Waals surface area contributed by atoms with Gasteiger partial charge in [-0.3, -0.25) is 0 Å². The maximum absolute atomic E-state index is 6.84. The fraction of sp³-hybridized carbons (Fsp3) is 0.655. The number of hydrogen-bond acceptors (Lipinski definition) is 1. The molecule has 1 saturated carbocycles. The number of fused-ring (bicyclic) bond motifs is 1. The lowest BCUT2D eigenvalue weighted by molar-refractivity contribution is -0.967. The molecule has 6 atom stereocenters. The standard InChI is InChI=1S/C29H42NO/c1-5-6-7-10-18-31-28(3)21-30(19-22(2)26-16-17-27(28)29(26,30)4)20-24-14-11-13-23-12-8-9-15-25(23)24/h8-9,11-15,22,26-27H,5-7,10,16-21H2,1-4H3/q+1/t22-,26+,27-,28-,29-,30-/m1/s1. The maximum atomic E-state index is 6.84. The van der Waals surface area contributed by atoms with Crippen LogP contribution in [-0.4, -0.2) is 35.3 Å². The van der Waals surface area contributed by atoms with Gasteiger partial charge in [-0.25, -0.2) is 0 Å². The molecule has 0 aromatic heterocycles. The summed E-state index contributed by atoms with van der Waals surface area (Å²) in [5, 5.41) is 2.82. The van der Waals surface area contributed by atoms with Crippen molar-refractivity contribution in [2.75, 3.05) is 19.7 Å². The van der Waals surface area contributed by atoms with Crippen molar-refractivity contribution in [3.8, 4) is 0 Å². The van der Waals surface area contributed by atoms with E-state index in [9.17, 15) is 0 Å². The lowest BCUT2D eigenvalue weighted by Crippen LogP contribution is -2.57. The Morgan fingerprint density at radius 1 is 1.00 bits per heavy atom. The van der Waals surface area contributed by atoms with E-state index in [-0.39, 0.29) is 5.60 Å². The molecule has 2 aromatic carbocycles. The van der Waals surface area contributed by atoms with Crippen molar-refractivity contribution < 1.29 is 9.22 Å². The predicted octanol–water partition coefficient (Wildman–Crippen LogP) is 6.96. The van der Waals surface area contributed by atoms with Crippen LogP contribution in [0, 0.1) is 17.8 Å². The average molecular weight is 421 g/mol. The average Bonchev–Trinajstić information content (AvgIpc) is 3.28. The predicted molar refractivity (Wildman–Crippen MR) is 130 cm³/mol. The zero-order valence-corrected chi connectivity index (χ0v) is 20.2. The van der Waals surface area contributed by atoms with Gasteiger partial charge in [-0.1, -0.05) is 75.6 Å². The molecule has 0 unspecified atom stereocenters. The van der Waals surface area contributed by atoms with Crippen LogP contribution >= 0.6 is 0 Å². The van der Waals surface area contributed by atoms with Crippen LogP contribution in [0.3, 0.4) is 0 Å². The maximum Gasteiger partial charge on any atom is 0.123 e. The summed E-state index contributed by atoms with van der Waals surface area (Å²) in [5.74, 6) is 2.35. The number of unbranched alkanes of at least 4 members (excludes halogenated alkanes) is 3. The molecule has 0 spiro atoms. The fourth-order valence-electron chi connectivity index (χ4n) is 8.50. The highest BCUT2D eigenvalue weighted by Gasteiger charge is 2.76.